The molecule has 0 amide bonds. The van der Waals surface area contributed by atoms with Crippen molar-refractivity contribution in [1.29, 1.82) is 5.26 Å². The first-order valence-corrected chi connectivity index (χ1v) is 6.95. The highest BCUT2D eigenvalue weighted by atomic mass is 16.1. The minimum Gasteiger partial charge on any atom is -0.300 e. The lowest BCUT2D eigenvalue weighted by Crippen LogP contribution is -2.52. The van der Waals surface area contributed by atoms with Gasteiger partial charge >= 0.3 is 0 Å². The molecule has 0 bridgehead atoms. The molecular weight excluding hydrogens is 212 g/mol. The van der Waals surface area contributed by atoms with Crippen LogP contribution in [0.1, 0.15) is 57.8 Å². The highest BCUT2D eigenvalue weighted by molar-refractivity contribution is 5.80. The molecule has 17 heavy (non-hydrogen) atoms. The van der Waals surface area contributed by atoms with Gasteiger partial charge in [-0.05, 0) is 32.1 Å². The number of carbonyl (C=O) groups is 1. The zero-order valence-electron chi connectivity index (χ0n) is 10.6. The van der Waals surface area contributed by atoms with E-state index in [-0.39, 0.29) is 5.54 Å². The third-order valence-electron chi connectivity index (χ3n) is 4.26. The smallest absolute Gasteiger partial charge is 0.132 e. The zero-order valence-corrected chi connectivity index (χ0v) is 10.6. The van der Waals surface area contributed by atoms with E-state index in [1.807, 2.05) is 0 Å². The van der Waals surface area contributed by atoms with Gasteiger partial charge in [-0.1, -0.05) is 12.8 Å². The fourth-order valence-corrected chi connectivity index (χ4v) is 2.97. The van der Waals surface area contributed by atoms with Crippen LogP contribution in [-0.2, 0) is 4.79 Å². The molecule has 0 aromatic carbocycles. The molecule has 3 fully saturated rings. The van der Waals surface area contributed by atoms with Gasteiger partial charge in [0.05, 0.1) is 6.07 Å². The van der Waals surface area contributed by atoms with Crippen molar-refractivity contribution in [3.8, 4) is 6.07 Å². The highest BCUT2D eigenvalue weighted by Crippen LogP contribution is 2.37. The third-order valence-corrected chi connectivity index (χ3v) is 4.26. The first-order valence-electron chi connectivity index (χ1n) is 6.95. The lowest BCUT2D eigenvalue weighted by Gasteiger charge is -2.42. The summed E-state index contributed by atoms with van der Waals surface area (Å²) in [5.41, 5.74) is -0.0295. The number of nitriles is 1. The first kappa shape index (κ1) is 12.6. The van der Waals surface area contributed by atoms with Crippen molar-refractivity contribution in [2.24, 2.45) is 0 Å². The van der Waals surface area contributed by atoms with E-state index in [0.29, 0.717) is 5.78 Å². The number of carbonyl (C=O) groups excluding carboxylic acids is 1. The van der Waals surface area contributed by atoms with Gasteiger partial charge in [0.25, 0.3) is 0 Å². The van der Waals surface area contributed by atoms with Crippen LogP contribution < -0.4 is 0 Å². The largest absolute Gasteiger partial charge is 0.300 e. The van der Waals surface area contributed by atoms with Gasteiger partial charge < -0.3 is 0 Å². The molecule has 3 nitrogen and oxygen atoms in total. The molecule has 0 N–H and O–H groups in total. The summed E-state index contributed by atoms with van der Waals surface area (Å²) < 4.78 is 0. The molecule has 0 aromatic heterocycles. The molecule has 3 aliphatic rings. The van der Waals surface area contributed by atoms with Crippen LogP contribution in [0.2, 0.25) is 0 Å². The van der Waals surface area contributed by atoms with Crippen LogP contribution in [0.4, 0.5) is 0 Å². The van der Waals surface area contributed by atoms with E-state index in [2.05, 4.69) is 11.0 Å². The van der Waals surface area contributed by atoms with Gasteiger partial charge in [0.15, 0.2) is 0 Å². The standard InChI is InChI=1S/C9H14N2.C5H8O/c10-8-9(4-1-2-5-9)11-6-3-7-11;6-5-3-1-2-4-5/h1-7H2;1-4H2. The van der Waals surface area contributed by atoms with Crippen LogP contribution in [0.5, 0.6) is 0 Å². The Morgan fingerprint density at radius 1 is 1.00 bits per heavy atom. The van der Waals surface area contributed by atoms with Crippen molar-refractivity contribution in [2.45, 2.75) is 63.3 Å². The molecule has 1 saturated heterocycles. The monoisotopic (exact) mass is 234 g/mol. The summed E-state index contributed by atoms with van der Waals surface area (Å²) in [5.74, 6) is 0.454. The SMILES string of the molecule is N#CC1(N2CCC2)CCCC1.O=C1CCCC1. The van der Waals surface area contributed by atoms with Gasteiger partial charge in [0.2, 0.25) is 0 Å². The molecule has 0 spiro atoms. The molecule has 0 unspecified atom stereocenters. The van der Waals surface area contributed by atoms with Crippen LogP contribution in [0.15, 0.2) is 0 Å². The summed E-state index contributed by atoms with van der Waals surface area (Å²) in [5, 5.41) is 9.06. The van der Waals surface area contributed by atoms with E-state index < -0.39 is 0 Å². The van der Waals surface area contributed by atoms with E-state index in [0.717, 1.165) is 51.6 Å². The van der Waals surface area contributed by atoms with Gasteiger partial charge in [0.1, 0.15) is 11.3 Å². The Kier molecular flexibility index (Phi) is 4.17. The molecule has 2 aliphatic carbocycles. The highest BCUT2D eigenvalue weighted by Gasteiger charge is 2.41. The normalized spacial score (nSPS) is 26.9. The fraction of sp³-hybridized carbons (Fsp3) is 0.857. The number of rotatable bonds is 1. The van der Waals surface area contributed by atoms with E-state index in [1.165, 1.54) is 19.3 Å². The number of likely N-dealkylation sites (tertiary alicyclic amines) is 1. The molecule has 0 atom stereocenters. The van der Waals surface area contributed by atoms with Crippen molar-refractivity contribution >= 4 is 5.78 Å². The third kappa shape index (κ3) is 2.87. The Bertz CT molecular complexity index is 301. The predicted octanol–water partition coefficient (Wildman–Crippen LogP) is 2.66. The molecular formula is C14H22N2O. The molecule has 1 heterocycles. The second-order valence-electron chi connectivity index (χ2n) is 5.44. The van der Waals surface area contributed by atoms with E-state index in [1.54, 1.807) is 0 Å². The molecule has 0 aromatic rings. The van der Waals surface area contributed by atoms with Crippen molar-refractivity contribution in [1.82, 2.24) is 4.90 Å². The first-order chi connectivity index (χ1) is 8.27. The minimum atomic E-state index is -0.0295. The van der Waals surface area contributed by atoms with Crippen molar-refractivity contribution in [3.05, 3.63) is 0 Å². The number of nitrogens with zero attached hydrogens (tertiary/aromatic N) is 2. The number of hydrogen-bond donors (Lipinski definition) is 0. The fourth-order valence-electron chi connectivity index (χ4n) is 2.97. The Labute approximate surface area is 104 Å². The summed E-state index contributed by atoms with van der Waals surface area (Å²) in [7, 11) is 0. The quantitative estimate of drug-likeness (QED) is 0.700. The predicted molar refractivity (Wildman–Crippen MR) is 66.5 cm³/mol. The lowest BCUT2D eigenvalue weighted by atomic mass is 9.93. The van der Waals surface area contributed by atoms with Crippen molar-refractivity contribution in [3.63, 3.8) is 0 Å². The molecule has 0 radical (unpaired) electrons. The number of ketones is 1. The summed E-state index contributed by atoms with van der Waals surface area (Å²) in [4.78, 5) is 12.6. The van der Waals surface area contributed by atoms with Crippen LogP contribution in [0.25, 0.3) is 0 Å². The molecule has 3 rings (SSSR count). The Balaban J connectivity index is 0.000000153. The van der Waals surface area contributed by atoms with Crippen molar-refractivity contribution < 1.29 is 4.79 Å². The van der Waals surface area contributed by atoms with E-state index >= 15 is 0 Å². The maximum atomic E-state index is 10.2. The maximum absolute atomic E-state index is 10.2. The topological polar surface area (TPSA) is 44.1 Å². The molecule has 1 aliphatic heterocycles. The molecule has 3 heteroatoms. The van der Waals surface area contributed by atoms with Crippen molar-refractivity contribution in [2.75, 3.05) is 13.1 Å². The average molecular weight is 234 g/mol. The molecule has 94 valence electrons. The van der Waals surface area contributed by atoms with Gasteiger partial charge in [-0.2, -0.15) is 5.26 Å². The maximum Gasteiger partial charge on any atom is 0.132 e. The number of Topliss-reactive ketones (excluding diaryl/α,β-unsaturated/α-hetero) is 1. The Morgan fingerprint density at radius 2 is 1.59 bits per heavy atom. The van der Waals surface area contributed by atoms with Gasteiger partial charge in [-0.25, -0.2) is 0 Å². The minimum absolute atomic E-state index is 0.0295. The van der Waals surface area contributed by atoms with Crippen LogP contribution >= 0.6 is 0 Å². The summed E-state index contributed by atoms with van der Waals surface area (Å²) in [6.45, 7) is 2.32. The Morgan fingerprint density at radius 3 is 1.88 bits per heavy atom. The zero-order chi connectivity index (χ0) is 12.1. The van der Waals surface area contributed by atoms with Gasteiger partial charge in [-0.3, -0.25) is 9.69 Å². The number of hydrogen-bond acceptors (Lipinski definition) is 3. The molecule has 2 saturated carbocycles. The van der Waals surface area contributed by atoms with E-state index in [4.69, 9.17) is 5.26 Å². The van der Waals surface area contributed by atoms with Crippen LogP contribution in [-0.4, -0.2) is 29.3 Å². The Hall–Kier alpha value is -0.880. The second kappa shape index (κ2) is 5.64. The summed E-state index contributed by atoms with van der Waals surface area (Å²) in [6.07, 6.45) is 10.0. The van der Waals surface area contributed by atoms with Crippen LogP contribution in [0, 0.1) is 11.3 Å². The summed E-state index contributed by atoms with van der Waals surface area (Å²) >= 11 is 0. The summed E-state index contributed by atoms with van der Waals surface area (Å²) in [6, 6.07) is 2.51. The second-order valence-corrected chi connectivity index (χ2v) is 5.44. The average Bonchev–Trinajstić information content (AvgIpc) is 2.88. The van der Waals surface area contributed by atoms with Gasteiger partial charge in [-0.15, -0.1) is 0 Å². The van der Waals surface area contributed by atoms with Crippen LogP contribution in [0.3, 0.4) is 0 Å². The van der Waals surface area contributed by atoms with Gasteiger partial charge in [0, 0.05) is 25.9 Å². The van der Waals surface area contributed by atoms with E-state index in [9.17, 15) is 4.79 Å². The lowest BCUT2D eigenvalue weighted by molar-refractivity contribution is -0.117.